The molecule has 0 saturated carbocycles. The predicted molar refractivity (Wildman–Crippen MR) is 129 cm³/mol. The highest BCUT2D eigenvalue weighted by Crippen LogP contribution is 2.44. The maximum absolute atomic E-state index is 13.7. The van der Waals surface area contributed by atoms with Crippen molar-refractivity contribution in [2.75, 3.05) is 0 Å². The number of aliphatic imine (C=N–C) groups is 1. The van der Waals surface area contributed by atoms with Crippen molar-refractivity contribution in [2.24, 2.45) is 4.99 Å². The van der Waals surface area contributed by atoms with Gasteiger partial charge in [-0.3, -0.25) is 9.78 Å². The molecule has 3 heterocycles. The van der Waals surface area contributed by atoms with Crippen molar-refractivity contribution in [1.29, 1.82) is 0 Å². The number of nitrogens with zero attached hydrogens (tertiary/aromatic N) is 3. The number of pyridine rings is 1. The summed E-state index contributed by atoms with van der Waals surface area (Å²) in [7, 11) is 0. The summed E-state index contributed by atoms with van der Waals surface area (Å²) < 4.78 is 19.2. The lowest BCUT2D eigenvalue weighted by molar-refractivity contribution is -0.143. The Morgan fingerprint density at radius 3 is 2.65 bits per heavy atom. The van der Waals surface area contributed by atoms with Crippen LogP contribution in [0, 0.1) is 5.82 Å². The zero-order valence-electron chi connectivity index (χ0n) is 19.1. The summed E-state index contributed by atoms with van der Waals surface area (Å²) in [5.41, 5.74) is 3.05. The second-order valence-corrected chi connectivity index (χ2v) is 9.01. The Hall–Kier alpha value is -3.46. The normalized spacial score (nSPS) is 17.3. The second-order valence-electron chi connectivity index (χ2n) is 8.17. The van der Waals surface area contributed by atoms with E-state index < -0.39 is 12.0 Å². The van der Waals surface area contributed by atoms with E-state index in [0.717, 1.165) is 5.69 Å². The molecule has 1 atom stereocenters. The van der Waals surface area contributed by atoms with E-state index in [1.54, 1.807) is 39.1 Å². The average molecular weight is 481 g/mol. The number of carbonyl (C=O) groups is 2. The molecule has 0 fully saturated rings. The minimum absolute atomic E-state index is 0.0854. The number of hydrogen-bond acceptors (Lipinski definition) is 7. The van der Waals surface area contributed by atoms with Gasteiger partial charge in [0.1, 0.15) is 5.82 Å². The standard InChI is InChI=1S/C25H25FN4O3S/c1-15(2)33-24(32)22-16(3)29-25-30(23(22)17-7-9-18(26)10-8-17)20(14-34-25)12-21(31)28-13-19-6-4-5-11-27-19/h4-11,14-15,23H,12-13H2,1-3H3,(H,28,31)/t23-/m1/s1. The van der Waals surface area contributed by atoms with Gasteiger partial charge in [-0.05, 0) is 56.0 Å². The van der Waals surface area contributed by atoms with Crippen LogP contribution >= 0.6 is 11.8 Å². The average Bonchev–Trinajstić information content (AvgIpc) is 3.19. The Balaban J connectivity index is 1.61. The first-order chi connectivity index (χ1) is 16.3. The number of nitrogens with one attached hydrogen (secondary N) is 1. The van der Waals surface area contributed by atoms with Gasteiger partial charge in [0.05, 0.1) is 42.1 Å². The Morgan fingerprint density at radius 1 is 1.21 bits per heavy atom. The van der Waals surface area contributed by atoms with Gasteiger partial charge in [0.2, 0.25) is 5.91 Å². The largest absolute Gasteiger partial charge is 0.459 e. The van der Waals surface area contributed by atoms with Crippen LogP contribution in [0.5, 0.6) is 0 Å². The summed E-state index contributed by atoms with van der Waals surface area (Å²) in [6.07, 6.45) is 1.45. The molecule has 0 aliphatic carbocycles. The number of ether oxygens (including phenoxy) is 1. The lowest BCUT2D eigenvalue weighted by Crippen LogP contribution is -2.38. The van der Waals surface area contributed by atoms with E-state index in [4.69, 9.17) is 4.74 Å². The Bertz CT molecular complexity index is 1180. The fourth-order valence-corrected chi connectivity index (χ4v) is 4.75. The predicted octanol–water partition coefficient (Wildman–Crippen LogP) is 4.45. The van der Waals surface area contributed by atoms with Crippen LogP contribution < -0.4 is 5.32 Å². The number of amidine groups is 1. The highest BCUT2D eigenvalue weighted by Gasteiger charge is 2.41. The quantitative estimate of drug-likeness (QED) is 0.590. The highest BCUT2D eigenvalue weighted by molar-refractivity contribution is 8.16. The number of aromatic nitrogens is 1. The lowest BCUT2D eigenvalue weighted by Gasteiger charge is -2.36. The molecule has 0 spiro atoms. The number of hydrogen-bond donors (Lipinski definition) is 1. The number of allylic oxidation sites excluding steroid dienone is 1. The van der Waals surface area contributed by atoms with Crippen molar-refractivity contribution >= 4 is 28.8 Å². The van der Waals surface area contributed by atoms with Crippen LogP contribution in [0.4, 0.5) is 4.39 Å². The molecule has 7 nitrogen and oxygen atoms in total. The van der Waals surface area contributed by atoms with Crippen LogP contribution in [0.15, 0.2) is 76.0 Å². The maximum Gasteiger partial charge on any atom is 0.338 e. The molecular weight excluding hydrogens is 455 g/mol. The van der Waals surface area contributed by atoms with Gasteiger partial charge in [-0.15, -0.1) is 0 Å². The summed E-state index contributed by atoms with van der Waals surface area (Å²) in [5.74, 6) is -1.05. The number of halogens is 1. The Morgan fingerprint density at radius 2 is 1.97 bits per heavy atom. The van der Waals surface area contributed by atoms with E-state index in [1.165, 1.54) is 23.9 Å². The third-order valence-corrected chi connectivity index (χ3v) is 6.17. The highest BCUT2D eigenvalue weighted by atomic mass is 32.2. The third kappa shape index (κ3) is 5.20. The first-order valence-corrected chi connectivity index (χ1v) is 11.8. The Labute approximate surface area is 201 Å². The smallest absolute Gasteiger partial charge is 0.338 e. The first-order valence-electron chi connectivity index (χ1n) is 10.9. The van der Waals surface area contributed by atoms with Crippen molar-refractivity contribution in [3.8, 4) is 0 Å². The van der Waals surface area contributed by atoms with Gasteiger partial charge < -0.3 is 15.0 Å². The van der Waals surface area contributed by atoms with Gasteiger partial charge in [-0.25, -0.2) is 14.2 Å². The van der Waals surface area contributed by atoms with Crippen LogP contribution in [-0.4, -0.2) is 33.0 Å². The minimum Gasteiger partial charge on any atom is -0.459 e. The summed E-state index contributed by atoms with van der Waals surface area (Å²) in [6, 6.07) is 10.9. The lowest BCUT2D eigenvalue weighted by atomic mass is 9.93. The van der Waals surface area contributed by atoms with Gasteiger partial charge in [0.25, 0.3) is 0 Å². The number of benzene rings is 1. The molecular formula is C25H25FN4O3S. The molecule has 0 saturated heterocycles. The number of thioether (sulfide) groups is 1. The molecule has 1 amide bonds. The molecule has 2 aliphatic heterocycles. The zero-order valence-corrected chi connectivity index (χ0v) is 19.9. The molecule has 1 N–H and O–H groups in total. The van der Waals surface area contributed by atoms with E-state index in [1.807, 2.05) is 28.5 Å². The maximum atomic E-state index is 13.7. The second kappa shape index (κ2) is 10.2. The van der Waals surface area contributed by atoms with E-state index in [9.17, 15) is 14.0 Å². The molecule has 1 aromatic carbocycles. The van der Waals surface area contributed by atoms with Gasteiger partial charge in [0.15, 0.2) is 5.17 Å². The number of rotatable bonds is 7. The summed E-state index contributed by atoms with van der Waals surface area (Å²) >= 11 is 1.39. The fourth-order valence-electron chi connectivity index (χ4n) is 3.79. The molecule has 9 heteroatoms. The molecule has 0 radical (unpaired) electrons. The third-order valence-electron chi connectivity index (χ3n) is 5.28. The molecule has 0 unspecified atom stereocenters. The van der Waals surface area contributed by atoms with Crippen LogP contribution in [0.2, 0.25) is 0 Å². The van der Waals surface area contributed by atoms with Crippen LogP contribution in [-0.2, 0) is 20.9 Å². The molecule has 176 valence electrons. The molecule has 34 heavy (non-hydrogen) atoms. The van der Waals surface area contributed by atoms with Gasteiger partial charge >= 0.3 is 5.97 Å². The number of amides is 1. The van der Waals surface area contributed by atoms with Crippen LogP contribution in [0.25, 0.3) is 0 Å². The summed E-state index contributed by atoms with van der Waals surface area (Å²) in [5, 5.41) is 5.39. The Kier molecular flexibility index (Phi) is 7.12. The van der Waals surface area contributed by atoms with Crippen molar-refractivity contribution < 1.29 is 18.7 Å². The van der Waals surface area contributed by atoms with Crippen molar-refractivity contribution in [3.63, 3.8) is 0 Å². The topological polar surface area (TPSA) is 83.9 Å². The number of esters is 1. The van der Waals surface area contributed by atoms with Crippen molar-refractivity contribution in [1.82, 2.24) is 15.2 Å². The van der Waals surface area contributed by atoms with Crippen LogP contribution in [0.1, 0.15) is 44.5 Å². The molecule has 2 aliphatic rings. The van der Waals surface area contributed by atoms with Crippen molar-refractivity contribution in [2.45, 2.75) is 45.9 Å². The van der Waals surface area contributed by atoms with E-state index in [0.29, 0.717) is 34.2 Å². The SMILES string of the molecule is CC1=C(C(=O)OC(C)C)[C@@H](c2ccc(F)cc2)N2C(CC(=O)NCc3ccccn3)=CSC2=N1. The van der Waals surface area contributed by atoms with Gasteiger partial charge in [0, 0.05) is 11.9 Å². The fraction of sp³-hybridized carbons (Fsp3) is 0.280. The summed E-state index contributed by atoms with van der Waals surface area (Å²) in [4.78, 5) is 36.5. The minimum atomic E-state index is -0.593. The van der Waals surface area contributed by atoms with Gasteiger partial charge in [-0.1, -0.05) is 30.0 Å². The summed E-state index contributed by atoms with van der Waals surface area (Å²) in [6.45, 7) is 5.63. The monoisotopic (exact) mass is 480 g/mol. The molecule has 0 bridgehead atoms. The zero-order chi connectivity index (χ0) is 24.2. The molecule has 4 rings (SSSR count). The van der Waals surface area contributed by atoms with Crippen LogP contribution in [0.3, 0.4) is 0 Å². The van der Waals surface area contributed by atoms with Crippen molar-refractivity contribution in [3.05, 3.63) is 88.1 Å². The number of fused-ring (bicyclic) bond motifs is 1. The van der Waals surface area contributed by atoms with Gasteiger partial charge in [-0.2, -0.15) is 0 Å². The van der Waals surface area contributed by atoms with E-state index in [-0.39, 0.29) is 24.2 Å². The molecule has 2 aromatic rings. The number of carbonyl (C=O) groups excluding carboxylic acids is 2. The first kappa shape index (κ1) is 23.7. The molecule has 1 aromatic heterocycles. The van der Waals surface area contributed by atoms with E-state index in [2.05, 4.69) is 15.3 Å². The van der Waals surface area contributed by atoms with E-state index >= 15 is 0 Å².